The fraction of sp³-hybridized carbons (Fsp3) is 0.128. The number of para-hydroxylation sites is 2. The van der Waals surface area contributed by atoms with E-state index in [9.17, 15) is 0 Å². The minimum Gasteiger partial charge on any atom is -0.510 e. The molecule has 8 rings (SSSR count). The molecule has 0 saturated carbocycles. The van der Waals surface area contributed by atoms with E-state index >= 15 is 0 Å². The van der Waals surface area contributed by atoms with Gasteiger partial charge in [0, 0.05) is 54.7 Å². The van der Waals surface area contributed by atoms with E-state index in [1.165, 1.54) is 5.56 Å². The number of pyridine rings is 1. The molecule has 0 atom stereocenters. The second-order valence-corrected chi connectivity index (χ2v) is 12.4. The Labute approximate surface area is 282 Å². The van der Waals surface area contributed by atoms with Crippen molar-refractivity contribution in [3.63, 3.8) is 0 Å². The summed E-state index contributed by atoms with van der Waals surface area (Å²) in [6.07, 6.45) is 5.90. The molecule has 0 fully saturated rings. The molecule has 0 saturated heterocycles. The second-order valence-electron chi connectivity index (χ2n) is 12.4. The predicted octanol–water partition coefficient (Wildman–Crippen LogP) is 9.15. The smallest absolute Gasteiger partial charge is 0.135 e. The molecule has 0 N–H and O–H groups in total. The van der Waals surface area contributed by atoms with E-state index in [-0.39, 0.29) is 25.8 Å². The summed E-state index contributed by atoms with van der Waals surface area (Å²) < 4.78 is 11.0. The van der Waals surface area contributed by atoms with Gasteiger partial charge < -0.3 is 23.7 Å². The molecular weight excluding hydrogens is 661 g/mol. The molecule has 7 aromatic rings. The summed E-state index contributed by atoms with van der Waals surface area (Å²) in [6.45, 7) is 8.69. The van der Waals surface area contributed by atoms with Gasteiger partial charge in [0.25, 0.3) is 0 Å². The molecule has 4 heterocycles. The second kappa shape index (κ2) is 11.5. The zero-order valence-corrected chi connectivity index (χ0v) is 27.6. The van der Waals surface area contributed by atoms with Gasteiger partial charge in [-0.15, -0.1) is 36.0 Å². The van der Waals surface area contributed by atoms with Crippen molar-refractivity contribution in [3.8, 4) is 23.0 Å². The first-order chi connectivity index (χ1) is 21.8. The maximum absolute atomic E-state index is 6.43. The summed E-state index contributed by atoms with van der Waals surface area (Å²) in [6, 6.07) is 40.5. The molecule has 1 aliphatic rings. The van der Waals surface area contributed by atoms with Gasteiger partial charge in [-0.1, -0.05) is 68.1 Å². The third-order valence-electron chi connectivity index (χ3n) is 8.32. The van der Waals surface area contributed by atoms with Crippen LogP contribution in [-0.2, 0) is 25.8 Å². The first-order valence-electron chi connectivity index (χ1n) is 15.1. The normalized spacial score (nSPS) is 13.2. The Hall–Kier alpha value is -4.83. The molecule has 4 aromatic carbocycles. The third-order valence-corrected chi connectivity index (χ3v) is 8.32. The molecule has 3 aromatic heterocycles. The summed E-state index contributed by atoms with van der Waals surface area (Å²) in [4.78, 5) is 8.94. The van der Waals surface area contributed by atoms with E-state index in [0.29, 0.717) is 11.5 Å². The quantitative estimate of drug-likeness (QED) is 0.133. The Kier molecular flexibility index (Phi) is 7.47. The van der Waals surface area contributed by atoms with Crippen molar-refractivity contribution >= 4 is 38.5 Å². The number of fused-ring (bicyclic) bond motifs is 5. The summed E-state index contributed by atoms with van der Waals surface area (Å²) in [7, 11) is 2.00. The van der Waals surface area contributed by atoms with Crippen molar-refractivity contribution in [2.45, 2.75) is 26.2 Å². The van der Waals surface area contributed by atoms with Crippen LogP contribution in [0.5, 0.6) is 11.5 Å². The molecule has 0 spiro atoms. The van der Waals surface area contributed by atoms with E-state index in [2.05, 4.69) is 115 Å². The Morgan fingerprint density at radius 1 is 0.739 bits per heavy atom. The largest absolute Gasteiger partial charge is 0.510 e. The van der Waals surface area contributed by atoms with E-state index in [4.69, 9.17) is 9.72 Å². The number of rotatable bonds is 5. The van der Waals surface area contributed by atoms with Gasteiger partial charge in [-0.25, -0.2) is 4.98 Å². The van der Waals surface area contributed by atoms with Crippen LogP contribution in [0.25, 0.3) is 44.3 Å². The first kappa shape index (κ1) is 29.9. The number of aromatic nitrogens is 3. The molecule has 0 aliphatic carbocycles. The van der Waals surface area contributed by atoms with Gasteiger partial charge in [-0.2, -0.15) is 18.8 Å². The van der Waals surface area contributed by atoms with Crippen LogP contribution < -0.4 is 9.64 Å². The Balaban J connectivity index is 0.00000338. The van der Waals surface area contributed by atoms with Crippen molar-refractivity contribution in [2.24, 2.45) is 0 Å². The molecule has 232 valence electrons. The number of anilines is 1. The minimum atomic E-state index is -0.0343. The topological polar surface area (TPSA) is 38.5 Å². The van der Waals surface area contributed by atoms with Crippen LogP contribution in [0, 0.1) is 18.8 Å². The molecule has 0 amide bonds. The van der Waals surface area contributed by atoms with Crippen LogP contribution in [0.15, 0.2) is 116 Å². The monoisotopic (exact) mass is 692 g/mol. The maximum atomic E-state index is 6.43. The first-order valence-corrected chi connectivity index (χ1v) is 15.1. The van der Waals surface area contributed by atoms with Crippen LogP contribution in [0.4, 0.5) is 5.69 Å². The average Bonchev–Trinajstić information content (AvgIpc) is 3.73. The van der Waals surface area contributed by atoms with Gasteiger partial charge in [0.15, 0.2) is 0 Å². The number of hydrogen-bond acceptors (Lipinski definition) is 4. The zero-order chi connectivity index (χ0) is 30.7. The SMILES string of the molecule is CN1C=CN(c2[c-]c(Oc3[c-]c4c(cc3)c3c(c5ccccc5n3-c3ccccc3)n4-c3cc(C(C)(C)C)ccn3)ccc2)[CH-]1.[Pd]. The summed E-state index contributed by atoms with van der Waals surface area (Å²) in [5, 5.41) is 2.21. The summed E-state index contributed by atoms with van der Waals surface area (Å²) in [5.74, 6) is 2.08. The molecule has 1 aliphatic heterocycles. The molecule has 7 heteroatoms. The van der Waals surface area contributed by atoms with Gasteiger partial charge in [0.2, 0.25) is 0 Å². The zero-order valence-electron chi connectivity index (χ0n) is 26.0. The van der Waals surface area contributed by atoms with E-state index in [0.717, 1.165) is 50.0 Å². The fourth-order valence-corrected chi connectivity index (χ4v) is 6.14. The molecular formula is C39H32N5OPd-3. The van der Waals surface area contributed by atoms with Gasteiger partial charge in [-0.3, -0.25) is 0 Å². The molecule has 0 radical (unpaired) electrons. The number of hydrogen-bond donors (Lipinski definition) is 0. The summed E-state index contributed by atoms with van der Waals surface area (Å²) in [5.41, 5.74) is 7.42. The van der Waals surface area contributed by atoms with Gasteiger partial charge in [-0.05, 0) is 60.8 Å². The van der Waals surface area contributed by atoms with Crippen LogP contribution in [0.3, 0.4) is 0 Å². The van der Waals surface area contributed by atoms with Crippen molar-refractivity contribution in [1.82, 2.24) is 19.0 Å². The number of nitrogens with zero attached hydrogens (tertiary/aromatic N) is 5. The standard InChI is InChI=1S/C39H32N5O.Pd/c1-39(2,3)27-19-20-40-36(23-27)44-35-25-31(45-30-14-10-13-29(24-30)42-22-21-41(4)26-42)17-18-33(35)37-38(44)32-15-8-9-16-34(32)43(37)28-11-6-5-7-12-28;/h5-23,26H,1-4H3;/q-3;. The number of ether oxygens (including phenoxy) is 1. The van der Waals surface area contributed by atoms with E-state index < -0.39 is 0 Å². The van der Waals surface area contributed by atoms with Crippen LogP contribution in [-0.4, -0.2) is 26.1 Å². The van der Waals surface area contributed by atoms with Gasteiger partial charge >= 0.3 is 0 Å². The molecule has 0 bridgehead atoms. The van der Waals surface area contributed by atoms with Gasteiger partial charge in [0.05, 0.1) is 11.0 Å². The van der Waals surface area contributed by atoms with Crippen LogP contribution in [0.1, 0.15) is 26.3 Å². The Morgan fingerprint density at radius 2 is 1.50 bits per heavy atom. The van der Waals surface area contributed by atoms with Crippen molar-refractivity contribution in [2.75, 3.05) is 11.9 Å². The number of benzene rings is 4. The average molecular weight is 693 g/mol. The van der Waals surface area contributed by atoms with Crippen LogP contribution in [0.2, 0.25) is 0 Å². The Morgan fingerprint density at radius 3 is 2.28 bits per heavy atom. The van der Waals surface area contributed by atoms with Crippen molar-refractivity contribution < 1.29 is 25.2 Å². The third kappa shape index (κ3) is 5.06. The van der Waals surface area contributed by atoms with Crippen LogP contribution >= 0.6 is 0 Å². The predicted molar refractivity (Wildman–Crippen MR) is 182 cm³/mol. The molecule has 6 nitrogen and oxygen atoms in total. The van der Waals surface area contributed by atoms with E-state index in [1.807, 2.05) is 66.4 Å². The Bertz CT molecular complexity index is 2240. The molecule has 46 heavy (non-hydrogen) atoms. The van der Waals surface area contributed by atoms with E-state index in [1.54, 1.807) is 0 Å². The van der Waals surface area contributed by atoms with Gasteiger partial charge in [0.1, 0.15) is 5.82 Å². The fourth-order valence-electron chi connectivity index (χ4n) is 6.14. The van der Waals surface area contributed by atoms with Crippen molar-refractivity contribution in [1.29, 1.82) is 0 Å². The maximum Gasteiger partial charge on any atom is 0.135 e. The summed E-state index contributed by atoms with van der Waals surface area (Å²) >= 11 is 0. The minimum absolute atomic E-state index is 0. The van der Waals surface area contributed by atoms with Crippen molar-refractivity contribution in [3.05, 3.63) is 140 Å². The molecule has 0 unspecified atom stereocenters.